The number of aliphatic hydroxyl groups is 1. The van der Waals surface area contributed by atoms with Crippen molar-refractivity contribution in [3.8, 4) is 11.5 Å². The minimum atomic E-state index is -0.0143. The summed E-state index contributed by atoms with van der Waals surface area (Å²) in [5.41, 5.74) is 3.39. The Bertz CT molecular complexity index is 994. The minimum Gasteiger partial charge on any atom is -0.511 e. The summed E-state index contributed by atoms with van der Waals surface area (Å²) < 4.78 is 11.4. The molecule has 0 aliphatic heterocycles. The fourth-order valence-electron chi connectivity index (χ4n) is 4.26. The van der Waals surface area contributed by atoms with E-state index in [0.29, 0.717) is 51.0 Å². The van der Waals surface area contributed by atoms with Gasteiger partial charge in [-0.05, 0) is 62.3 Å². The molecule has 1 aliphatic rings. The topological polar surface area (TPSA) is 68.1 Å². The van der Waals surface area contributed by atoms with E-state index in [4.69, 9.17) is 14.5 Å². The predicted octanol–water partition coefficient (Wildman–Crippen LogP) is 6.23. The maximum Gasteiger partial charge on any atom is 0.168 e. The van der Waals surface area contributed by atoms with Gasteiger partial charge in [0.05, 0.1) is 18.8 Å². The second-order valence-corrected chi connectivity index (χ2v) is 8.24. The van der Waals surface area contributed by atoms with Gasteiger partial charge in [0, 0.05) is 25.1 Å². The third kappa shape index (κ3) is 6.47. The van der Waals surface area contributed by atoms with Crippen LogP contribution < -0.4 is 9.47 Å². The first-order valence-electron chi connectivity index (χ1n) is 12.0. The van der Waals surface area contributed by atoms with Gasteiger partial charge in [-0.25, -0.2) is 0 Å². The highest BCUT2D eigenvalue weighted by atomic mass is 16.5. The van der Waals surface area contributed by atoms with Crippen LogP contribution in [0.25, 0.3) is 0 Å². The van der Waals surface area contributed by atoms with Crippen molar-refractivity contribution in [1.82, 2.24) is 0 Å². The number of ether oxygens (including phenoxy) is 2. The highest BCUT2D eigenvalue weighted by Crippen LogP contribution is 2.34. The second-order valence-electron chi connectivity index (χ2n) is 8.24. The Labute approximate surface area is 197 Å². The normalized spacial score (nSPS) is 18.9. The lowest BCUT2D eigenvalue weighted by Gasteiger charge is -2.26. The van der Waals surface area contributed by atoms with Crippen LogP contribution in [0.3, 0.4) is 0 Å². The summed E-state index contributed by atoms with van der Waals surface area (Å²) in [4.78, 5) is 17.9. The molecule has 1 aliphatic carbocycles. The molecule has 2 aromatic carbocycles. The third-order valence-corrected chi connectivity index (χ3v) is 5.80. The molecule has 2 aromatic rings. The van der Waals surface area contributed by atoms with Gasteiger partial charge in [0.2, 0.25) is 0 Å². The van der Waals surface area contributed by atoms with E-state index >= 15 is 0 Å². The molecule has 33 heavy (non-hydrogen) atoms. The summed E-state index contributed by atoms with van der Waals surface area (Å²) in [6.07, 6.45) is 3.05. The van der Waals surface area contributed by atoms with E-state index in [1.165, 1.54) is 0 Å². The minimum absolute atomic E-state index is 0.0143. The van der Waals surface area contributed by atoms with Gasteiger partial charge in [0.25, 0.3) is 0 Å². The van der Waals surface area contributed by atoms with Crippen LogP contribution in [0.1, 0.15) is 63.5 Å². The number of benzene rings is 2. The number of aliphatic imine (C=N–C) groups is 1. The molecule has 0 bridgehead atoms. The van der Waals surface area contributed by atoms with E-state index < -0.39 is 0 Å². The Morgan fingerprint density at radius 3 is 2.42 bits per heavy atom. The number of carbonyl (C=O) groups is 1. The molecule has 1 fully saturated rings. The average Bonchev–Trinajstić information content (AvgIpc) is 2.81. The first-order chi connectivity index (χ1) is 16.1. The number of aliphatic hydroxyl groups excluding tert-OH is 1. The number of allylic oxidation sites excluding steroid dienone is 2. The standard InChI is InChI=1S/C28H35NO4/c1-4-10-24(30)28-23(18-22(19-25(28)31)21-11-8-7-9-12-21)29-16-15-20-13-14-26(32-5-2)27(17-20)33-6-3/h7-9,11-14,17,22,30H,4-6,10,15-16,18-19H2,1-3H3/b28-24+,29-23?. The zero-order chi connectivity index (χ0) is 23.6. The number of hydrogen-bond acceptors (Lipinski definition) is 5. The Kier molecular flexibility index (Phi) is 9.11. The molecule has 1 saturated carbocycles. The Balaban J connectivity index is 1.82. The molecule has 1 atom stereocenters. The smallest absolute Gasteiger partial charge is 0.168 e. The summed E-state index contributed by atoms with van der Waals surface area (Å²) in [7, 11) is 0. The molecule has 5 nitrogen and oxygen atoms in total. The highest BCUT2D eigenvalue weighted by molar-refractivity contribution is 6.24. The van der Waals surface area contributed by atoms with Gasteiger partial charge in [-0.2, -0.15) is 0 Å². The zero-order valence-electron chi connectivity index (χ0n) is 20.0. The Morgan fingerprint density at radius 1 is 1.00 bits per heavy atom. The molecule has 5 heteroatoms. The van der Waals surface area contributed by atoms with Crippen molar-refractivity contribution in [2.24, 2.45) is 4.99 Å². The molecule has 0 radical (unpaired) electrons. The predicted molar refractivity (Wildman–Crippen MR) is 133 cm³/mol. The summed E-state index contributed by atoms with van der Waals surface area (Å²) in [6, 6.07) is 16.1. The van der Waals surface area contributed by atoms with E-state index in [2.05, 4.69) is 12.1 Å². The van der Waals surface area contributed by atoms with Crippen LogP contribution in [0.4, 0.5) is 0 Å². The average molecular weight is 450 g/mol. The van der Waals surface area contributed by atoms with Crippen LogP contribution in [0.15, 0.2) is 64.9 Å². The fraction of sp³-hybridized carbons (Fsp3) is 0.429. The summed E-state index contributed by atoms with van der Waals surface area (Å²) in [5, 5.41) is 10.6. The first-order valence-corrected chi connectivity index (χ1v) is 12.0. The Hall–Kier alpha value is -3.08. The monoisotopic (exact) mass is 449 g/mol. The van der Waals surface area contributed by atoms with Gasteiger partial charge in [0.1, 0.15) is 5.76 Å². The third-order valence-electron chi connectivity index (χ3n) is 5.80. The van der Waals surface area contributed by atoms with Crippen molar-refractivity contribution in [3.05, 3.63) is 71.0 Å². The van der Waals surface area contributed by atoms with Crippen molar-refractivity contribution in [3.63, 3.8) is 0 Å². The lowest BCUT2D eigenvalue weighted by Crippen LogP contribution is -2.27. The lowest BCUT2D eigenvalue weighted by atomic mass is 9.78. The molecule has 1 N–H and O–H groups in total. The molecular formula is C28H35NO4. The van der Waals surface area contributed by atoms with Gasteiger partial charge >= 0.3 is 0 Å². The number of carbonyl (C=O) groups excluding carboxylic acids is 1. The molecule has 0 spiro atoms. The van der Waals surface area contributed by atoms with E-state index in [1.54, 1.807) is 0 Å². The van der Waals surface area contributed by atoms with Crippen LogP contribution in [-0.4, -0.2) is 36.4 Å². The van der Waals surface area contributed by atoms with Gasteiger partial charge in [-0.3, -0.25) is 9.79 Å². The van der Waals surface area contributed by atoms with E-state index in [0.717, 1.165) is 34.8 Å². The quantitative estimate of drug-likeness (QED) is 0.345. The van der Waals surface area contributed by atoms with Gasteiger partial charge in [0.15, 0.2) is 17.3 Å². The van der Waals surface area contributed by atoms with Crippen LogP contribution >= 0.6 is 0 Å². The maximum absolute atomic E-state index is 13.0. The van der Waals surface area contributed by atoms with Crippen molar-refractivity contribution in [2.45, 2.75) is 58.8 Å². The number of rotatable bonds is 10. The molecule has 1 unspecified atom stereocenters. The van der Waals surface area contributed by atoms with Crippen molar-refractivity contribution in [1.29, 1.82) is 0 Å². The number of ketones is 1. The molecule has 0 heterocycles. The molecule has 0 amide bonds. The van der Waals surface area contributed by atoms with Crippen molar-refractivity contribution < 1.29 is 19.4 Å². The molecular weight excluding hydrogens is 414 g/mol. The van der Waals surface area contributed by atoms with E-state index in [1.807, 2.05) is 57.2 Å². The SMILES string of the molecule is CCC/C(O)=C1\C(=O)CC(c2ccccc2)CC1=NCCc1ccc(OCC)c(OCC)c1. The van der Waals surface area contributed by atoms with Crippen LogP contribution in [0.2, 0.25) is 0 Å². The molecule has 0 saturated heterocycles. The molecule has 0 aromatic heterocycles. The first kappa shape index (κ1) is 24.6. The summed E-state index contributed by atoms with van der Waals surface area (Å²) in [6.45, 7) is 7.59. The Morgan fingerprint density at radius 2 is 1.73 bits per heavy atom. The molecule has 3 rings (SSSR count). The summed E-state index contributed by atoms with van der Waals surface area (Å²) >= 11 is 0. The second kappa shape index (κ2) is 12.2. The molecule has 176 valence electrons. The fourth-order valence-corrected chi connectivity index (χ4v) is 4.26. The largest absolute Gasteiger partial charge is 0.511 e. The van der Waals surface area contributed by atoms with Gasteiger partial charge < -0.3 is 14.6 Å². The van der Waals surface area contributed by atoms with Gasteiger partial charge in [-0.15, -0.1) is 0 Å². The zero-order valence-corrected chi connectivity index (χ0v) is 20.0. The number of nitrogens with zero attached hydrogens (tertiary/aromatic N) is 1. The van der Waals surface area contributed by atoms with Crippen molar-refractivity contribution >= 4 is 11.5 Å². The van der Waals surface area contributed by atoms with E-state index in [-0.39, 0.29) is 17.5 Å². The van der Waals surface area contributed by atoms with Crippen molar-refractivity contribution in [2.75, 3.05) is 19.8 Å². The number of Topliss-reactive ketones (excluding diaryl/α,β-unsaturated/α-hetero) is 1. The van der Waals surface area contributed by atoms with Crippen LogP contribution in [0.5, 0.6) is 11.5 Å². The summed E-state index contributed by atoms with van der Waals surface area (Å²) in [5.74, 6) is 1.73. The highest BCUT2D eigenvalue weighted by Gasteiger charge is 2.32. The maximum atomic E-state index is 13.0. The van der Waals surface area contributed by atoms with Gasteiger partial charge in [-0.1, -0.05) is 43.3 Å². The van der Waals surface area contributed by atoms with E-state index in [9.17, 15) is 9.90 Å². The van der Waals surface area contributed by atoms with Crippen LogP contribution in [-0.2, 0) is 11.2 Å². The van der Waals surface area contributed by atoms with Crippen LogP contribution in [0, 0.1) is 0 Å². The number of hydrogen-bond donors (Lipinski definition) is 1. The lowest BCUT2D eigenvalue weighted by molar-refractivity contribution is -0.116.